The van der Waals surface area contributed by atoms with Gasteiger partial charge in [-0.15, -0.1) is 0 Å². The van der Waals surface area contributed by atoms with E-state index in [1.54, 1.807) is 0 Å². The average Bonchev–Trinajstić information content (AvgIpc) is 2.03. The minimum absolute atomic E-state index is 0.984. The molecule has 0 atom stereocenters. The van der Waals surface area contributed by atoms with E-state index in [0.29, 0.717) is 0 Å². The number of hydrogen-bond donors (Lipinski definition) is 0. The third-order valence-corrected chi connectivity index (χ3v) is 11.1. The number of carbonyl (C=O) groups excluding carboxylic acids is 1. The van der Waals surface area contributed by atoms with Gasteiger partial charge in [-0.05, 0) is 0 Å². The number of aldehydes is 1. The van der Waals surface area contributed by atoms with Gasteiger partial charge in [-0.3, -0.25) is 0 Å². The van der Waals surface area contributed by atoms with Crippen LogP contribution in [0.2, 0.25) is 4.97 Å². The molecule has 1 nitrogen and oxygen atoms in total. The summed E-state index contributed by atoms with van der Waals surface area (Å²) in [5, 5.41) is 0. The van der Waals surface area contributed by atoms with E-state index in [2.05, 4.69) is 30.5 Å². The topological polar surface area (TPSA) is 17.1 Å². The Morgan fingerprint density at radius 2 is 1.92 bits per heavy atom. The van der Waals surface area contributed by atoms with E-state index in [-0.39, 0.29) is 0 Å². The van der Waals surface area contributed by atoms with E-state index in [1.165, 1.54) is 16.5 Å². The van der Waals surface area contributed by atoms with Crippen molar-refractivity contribution in [2.45, 2.75) is 30.7 Å². The van der Waals surface area contributed by atoms with E-state index < -0.39 is 13.8 Å². The van der Waals surface area contributed by atoms with Gasteiger partial charge in [0.2, 0.25) is 0 Å². The van der Waals surface area contributed by atoms with Gasteiger partial charge in [0.15, 0.2) is 0 Å². The maximum atomic E-state index is 10.7. The molecule has 0 amide bonds. The first-order valence-corrected chi connectivity index (χ1v) is 17.8. The zero-order chi connectivity index (χ0) is 9.19. The molecule has 1 aliphatic rings. The number of hydrogen-bond acceptors (Lipinski definition) is 1. The first kappa shape index (κ1) is 11.2. The third kappa shape index (κ3) is 2.83. The molecule has 1 aliphatic carbocycles. The summed E-state index contributed by atoms with van der Waals surface area (Å²) in [6.45, 7) is 0. The summed E-state index contributed by atoms with van der Waals surface area (Å²) in [6.07, 6.45) is 5.56. The molecule has 0 unspecified atom stereocenters. The summed E-state index contributed by atoms with van der Waals surface area (Å²) < 4.78 is 1.40. The van der Waals surface area contributed by atoms with Crippen LogP contribution >= 0.6 is 25.5 Å². The van der Waals surface area contributed by atoms with Crippen molar-refractivity contribution in [2.75, 3.05) is 0 Å². The van der Waals surface area contributed by atoms with Crippen molar-refractivity contribution in [1.29, 1.82) is 0 Å². The fourth-order valence-corrected chi connectivity index (χ4v) is 9.57. The van der Waals surface area contributed by atoms with Crippen molar-refractivity contribution in [2.24, 2.45) is 0 Å². The van der Waals surface area contributed by atoms with Crippen LogP contribution in [0.15, 0.2) is 9.19 Å². The van der Waals surface area contributed by atoms with E-state index in [1.807, 2.05) is 0 Å². The van der Waals surface area contributed by atoms with E-state index in [4.69, 9.17) is 0 Å². The van der Waals surface area contributed by atoms with Gasteiger partial charge in [0, 0.05) is 0 Å². The zero-order valence-electron chi connectivity index (χ0n) is 6.98. The summed E-state index contributed by atoms with van der Waals surface area (Å²) in [7, 11) is 0. The van der Waals surface area contributed by atoms with Crippen molar-refractivity contribution in [3.05, 3.63) is 9.19 Å². The van der Waals surface area contributed by atoms with Crippen LogP contribution in [0.1, 0.15) is 25.7 Å². The van der Waals surface area contributed by atoms with Crippen molar-refractivity contribution in [1.82, 2.24) is 0 Å². The number of halogens is 2. The standard InChI is InChI=1S/C8H12Br2OTe/c1-12(9,10)8-5-3-2-4-7(8)6-11/h6H,2-5H2,1H3. The van der Waals surface area contributed by atoms with Crippen LogP contribution in [0, 0.1) is 0 Å². The summed E-state index contributed by atoms with van der Waals surface area (Å²) in [5.41, 5.74) is 1.05. The van der Waals surface area contributed by atoms with E-state index in [9.17, 15) is 4.79 Å². The zero-order valence-corrected chi connectivity index (χ0v) is 12.5. The van der Waals surface area contributed by atoms with Crippen LogP contribution < -0.4 is 0 Å². The Labute approximate surface area is 89.4 Å². The van der Waals surface area contributed by atoms with Crippen molar-refractivity contribution >= 4 is 45.6 Å². The second-order valence-electron chi connectivity index (χ2n) is 3.00. The van der Waals surface area contributed by atoms with Crippen molar-refractivity contribution < 1.29 is 4.79 Å². The van der Waals surface area contributed by atoms with Crippen molar-refractivity contribution in [3.8, 4) is 0 Å². The van der Waals surface area contributed by atoms with Gasteiger partial charge < -0.3 is 0 Å². The molecule has 0 radical (unpaired) electrons. The van der Waals surface area contributed by atoms with Gasteiger partial charge >= 0.3 is 90.2 Å². The second-order valence-corrected chi connectivity index (χ2v) is 31.7. The Hall–Kier alpha value is 1.16. The molecule has 0 aromatic rings. The Morgan fingerprint density at radius 3 is 2.33 bits per heavy atom. The molecule has 0 aliphatic heterocycles. The van der Waals surface area contributed by atoms with Gasteiger partial charge in [-0.25, -0.2) is 0 Å². The van der Waals surface area contributed by atoms with Gasteiger partial charge in [0.1, 0.15) is 0 Å². The molecule has 12 heavy (non-hydrogen) atoms. The predicted octanol–water partition coefficient (Wildman–Crippen LogP) is 3.46. The molecule has 0 saturated heterocycles. The van der Waals surface area contributed by atoms with Gasteiger partial charge in [0.25, 0.3) is 0 Å². The molecule has 0 aromatic heterocycles. The Morgan fingerprint density at radius 1 is 1.33 bits per heavy atom. The van der Waals surface area contributed by atoms with Crippen LogP contribution in [0.25, 0.3) is 0 Å². The SMILES string of the molecule is C[Te](Br)(Br)C1=C(C=O)CCCC1. The Bertz CT molecular complexity index is 218. The monoisotopic (exact) mass is 412 g/mol. The minimum atomic E-state index is -2.08. The average molecular weight is 412 g/mol. The van der Waals surface area contributed by atoms with Crippen LogP contribution in [0.4, 0.5) is 0 Å². The van der Waals surface area contributed by atoms with Gasteiger partial charge in [-0.2, -0.15) is 0 Å². The van der Waals surface area contributed by atoms with Crippen LogP contribution in [-0.2, 0) is 4.79 Å². The fraction of sp³-hybridized carbons (Fsp3) is 0.625. The van der Waals surface area contributed by atoms with E-state index >= 15 is 0 Å². The van der Waals surface area contributed by atoms with E-state index in [0.717, 1.165) is 24.7 Å². The number of rotatable bonds is 2. The molecule has 0 saturated carbocycles. The Balaban J connectivity index is 2.95. The third-order valence-electron chi connectivity index (χ3n) is 2.03. The van der Waals surface area contributed by atoms with Crippen molar-refractivity contribution in [3.63, 3.8) is 0 Å². The molecule has 1 rings (SSSR count). The molecular weight excluding hydrogens is 399 g/mol. The van der Waals surface area contributed by atoms with Gasteiger partial charge in [0.05, 0.1) is 0 Å². The number of allylic oxidation sites excluding steroid dienone is 2. The second kappa shape index (κ2) is 4.59. The molecule has 0 bridgehead atoms. The van der Waals surface area contributed by atoms with Gasteiger partial charge in [-0.1, -0.05) is 0 Å². The normalized spacial score (nSPS) is 20.9. The Kier molecular flexibility index (Phi) is 4.30. The molecule has 4 heteroatoms. The molecule has 0 fully saturated rings. The molecule has 0 heterocycles. The van der Waals surface area contributed by atoms with Crippen LogP contribution in [0.5, 0.6) is 0 Å². The molecule has 70 valence electrons. The predicted molar refractivity (Wildman–Crippen MR) is 61.0 cm³/mol. The van der Waals surface area contributed by atoms with Crippen LogP contribution in [0.3, 0.4) is 0 Å². The summed E-state index contributed by atoms with van der Waals surface area (Å²) >= 11 is 5.35. The molecule has 0 aromatic carbocycles. The first-order chi connectivity index (χ1) is 5.55. The maximum absolute atomic E-state index is 10.7. The summed E-state index contributed by atoms with van der Waals surface area (Å²) in [5.74, 6) is 0. The molecule has 0 N–H and O–H groups in total. The van der Waals surface area contributed by atoms with Crippen LogP contribution in [-0.4, -0.2) is 20.1 Å². The fourth-order valence-electron chi connectivity index (χ4n) is 1.44. The summed E-state index contributed by atoms with van der Waals surface area (Å²) in [4.78, 5) is 13.0. The number of carbonyl (C=O) groups is 1. The molecular formula is C8H12Br2OTe. The summed E-state index contributed by atoms with van der Waals surface area (Å²) in [6, 6.07) is 0. The molecule has 0 spiro atoms. The quantitative estimate of drug-likeness (QED) is 0.502. The first-order valence-electron chi connectivity index (χ1n) is 3.90.